The number of piperidine rings is 1. The van der Waals surface area contributed by atoms with E-state index in [2.05, 4.69) is 22.6 Å². The van der Waals surface area contributed by atoms with Crippen molar-refractivity contribution in [1.82, 2.24) is 14.4 Å². The molecule has 0 N–H and O–H groups in total. The molecule has 1 aromatic heterocycles. The summed E-state index contributed by atoms with van der Waals surface area (Å²) in [6.07, 6.45) is 7.77. The zero-order valence-corrected chi connectivity index (χ0v) is 16.5. The Kier molecular flexibility index (Phi) is 5.22. The lowest BCUT2D eigenvalue weighted by Gasteiger charge is -2.39. The van der Waals surface area contributed by atoms with E-state index in [-0.39, 0.29) is 11.7 Å². The molecule has 1 aromatic carbocycles. The van der Waals surface area contributed by atoms with Crippen LogP contribution in [0.15, 0.2) is 24.4 Å². The highest BCUT2D eigenvalue weighted by Crippen LogP contribution is 2.31. The number of carbonyl (C=O) groups excluding carboxylic acids is 1. The summed E-state index contributed by atoms with van der Waals surface area (Å²) in [6.45, 7) is 7.64. The SMILES string of the molecule is CC(=O)N1CCC(N2CCCCC(n3ccc4c(F)ccc(C)c43)C2)CC1. The van der Waals surface area contributed by atoms with Crippen LogP contribution in [0.4, 0.5) is 4.39 Å². The molecular weight excluding hydrogens is 341 g/mol. The van der Waals surface area contributed by atoms with E-state index in [9.17, 15) is 9.18 Å². The van der Waals surface area contributed by atoms with Gasteiger partial charge in [-0.05, 0) is 56.8 Å². The molecule has 0 spiro atoms. The first-order valence-corrected chi connectivity index (χ1v) is 10.3. The van der Waals surface area contributed by atoms with Crippen molar-refractivity contribution < 1.29 is 9.18 Å². The van der Waals surface area contributed by atoms with E-state index in [1.165, 1.54) is 12.8 Å². The summed E-state index contributed by atoms with van der Waals surface area (Å²) in [4.78, 5) is 16.2. The van der Waals surface area contributed by atoms with Crippen LogP contribution in [0, 0.1) is 12.7 Å². The van der Waals surface area contributed by atoms with Crippen molar-refractivity contribution >= 4 is 16.8 Å². The van der Waals surface area contributed by atoms with E-state index in [1.807, 2.05) is 17.0 Å². The third kappa shape index (κ3) is 3.62. The summed E-state index contributed by atoms with van der Waals surface area (Å²) >= 11 is 0. The van der Waals surface area contributed by atoms with Crippen LogP contribution in [-0.2, 0) is 4.79 Å². The maximum atomic E-state index is 14.2. The minimum Gasteiger partial charge on any atom is -0.343 e. The summed E-state index contributed by atoms with van der Waals surface area (Å²) in [6, 6.07) is 6.33. The fourth-order valence-corrected chi connectivity index (χ4v) is 4.98. The maximum absolute atomic E-state index is 14.2. The van der Waals surface area contributed by atoms with Crippen molar-refractivity contribution in [1.29, 1.82) is 0 Å². The topological polar surface area (TPSA) is 28.5 Å². The Morgan fingerprint density at radius 1 is 1.04 bits per heavy atom. The average Bonchev–Trinajstić information content (AvgIpc) is 2.98. The lowest BCUT2D eigenvalue weighted by atomic mass is 10.0. The van der Waals surface area contributed by atoms with Crippen molar-refractivity contribution in [2.75, 3.05) is 26.2 Å². The Labute approximate surface area is 160 Å². The molecule has 0 saturated carbocycles. The number of carbonyl (C=O) groups is 1. The molecule has 1 atom stereocenters. The van der Waals surface area contributed by atoms with Crippen LogP contribution >= 0.6 is 0 Å². The molecule has 5 heteroatoms. The normalized spacial score (nSPS) is 22.9. The molecule has 2 aliphatic heterocycles. The number of benzene rings is 1. The van der Waals surface area contributed by atoms with Crippen molar-refractivity contribution in [2.45, 2.75) is 58.0 Å². The standard InChI is InChI=1S/C22H30FN3O/c1-16-6-7-21(23)20-10-14-26(22(16)20)19-5-3-4-11-25(15-19)18-8-12-24(13-9-18)17(2)27/h6-7,10,14,18-19H,3-5,8-9,11-13,15H2,1-2H3. The van der Waals surface area contributed by atoms with Crippen LogP contribution in [0.5, 0.6) is 0 Å². The molecule has 4 nitrogen and oxygen atoms in total. The smallest absolute Gasteiger partial charge is 0.219 e. The van der Waals surface area contributed by atoms with Gasteiger partial charge in [-0.1, -0.05) is 12.5 Å². The van der Waals surface area contributed by atoms with Crippen LogP contribution in [0.3, 0.4) is 0 Å². The van der Waals surface area contributed by atoms with Crippen LogP contribution < -0.4 is 0 Å². The molecule has 146 valence electrons. The van der Waals surface area contributed by atoms with Gasteiger partial charge >= 0.3 is 0 Å². The highest BCUT2D eigenvalue weighted by atomic mass is 19.1. The number of likely N-dealkylation sites (tertiary alicyclic amines) is 2. The third-order valence-corrected chi connectivity index (χ3v) is 6.52. The average molecular weight is 372 g/mol. The zero-order chi connectivity index (χ0) is 19.0. The van der Waals surface area contributed by atoms with E-state index in [0.29, 0.717) is 12.1 Å². The first-order chi connectivity index (χ1) is 13.0. The molecule has 1 unspecified atom stereocenters. The molecule has 4 rings (SSSR count). The lowest BCUT2D eigenvalue weighted by molar-refractivity contribution is -0.130. The molecular formula is C22H30FN3O. The highest BCUT2D eigenvalue weighted by Gasteiger charge is 2.29. The Hall–Kier alpha value is -1.88. The number of halogens is 1. The lowest BCUT2D eigenvalue weighted by Crippen LogP contribution is -2.47. The van der Waals surface area contributed by atoms with Gasteiger partial charge in [-0.25, -0.2) is 4.39 Å². The molecule has 2 fully saturated rings. The Balaban J connectivity index is 1.55. The molecule has 0 radical (unpaired) electrons. The molecule has 0 aliphatic carbocycles. The number of aryl methyl sites for hydroxylation is 1. The van der Waals surface area contributed by atoms with Crippen molar-refractivity contribution in [3.8, 4) is 0 Å². The third-order valence-electron chi connectivity index (χ3n) is 6.52. The van der Waals surface area contributed by atoms with Gasteiger partial charge in [0.05, 0.1) is 5.52 Å². The zero-order valence-electron chi connectivity index (χ0n) is 16.5. The van der Waals surface area contributed by atoms with Gasteiger partial charge in [-0.3, -0.25) is 9.69 Å². The summed E-state index contributed by atoms with van der Waals surface area (Å²) in [5.41, 5.74) is 2.19. The van der Waals surface area contributed by atoms with E-state index in [1.54, 1.807) is 13.0 Å². The van der Waals surface area contributed by atoms with E-state index >= 15 is 0 Å². The first kappa shape index (κ1) is 18.5. The summed E-state index contributed by atoms with van der Waals surface area (Å²) < 4.78 is 16.6. The van der Waals surface area contributed by atoms with Gasteiger partial charge in [-0.2, -0.15) is 0 Å². The van der Waals surface area contributed by atoms with Crippen LogP contribution in [0.25, 0.3) is 10.9 Å². The molecule has 27 heavy (non-hydrogen) atoms. The van der Waals surface area contributed by atoms with Crippen molar-refractivity contribution in [3.63, 3.8) is 0 Å². The van der Waals surface area contributed by atoms with Gasteiger partial charge in [0.25, 0.3) is 0 Å². The first-order valence-electron chi connectivity index (χ1n) is 10.3. The molecule has 3 heterocycles. The number of hydrogen-bond donors (Lipinski definition) is 0. The largest absolute Gasteiger partial charge is 0.343 e. The Bertz CT molecular complexity index is 822. The summed E-state index contributed by atoms with van der Waals surface area (Å²) in [5, 5.41) is 0.737. The predicted octanol–water partition coefficient (Wildman–Crippen LogP) is 4.13. The van der Waals surface area contributed by atoms with Gasteiger partial charge in [-0.15, -0.1) is 0 Å². The Morgan fingerprint density at radius 3 is 2.56 bits per heavy atom. The fraction of sp³-hybridized carbons (Fsp3) is 0.591. The van der Waals surface area contributed by atoms with Gasteiger partial charge in [0.2, 0.25) is 5.91 Å². The summed E-state index contributed by atoms with van der Waals surface area (Å²) in [7, 11) is 0. The van der Waals surface area contributed by atoms with Crippen molar-refractivity contribution in [3.05, 3.63) is 35.8 Å². The second-order valence-corrected chi connectivity index (χ2v) is 8.23. The van der Waals surface area contributed by atoms with E-state index < -0.39 is 0 Å². The number of amides is 1. The van der Waals surface area contributed by atoms with Gasteiger partial charge in [0.15, 0.2) is 0 Å². The quantitative estimate of drug-likeness (QED) is 0.794. The van der Waals surface area contributed by atoms with Crippen LogP contribution in [0.2, 0.25) is 0 Å². The molecule has 2 saturated heterocycles. The van der Waals surface area contributed by atoms with E-state index in [4.69, 9.17) is 0 Å². The molecule has 2 aliphatic rings. The monoisotopic (exact) mass is 371 g/mol. The second kappa shape index (κ2) is 7.63. The summed E-state index contributed by atoms with van der Waals surface area (Å²) in [5.74, 6) is 0.0648. The highest BCUT2D eigenvalue weighted by molar-refractivity contribution is 5.84. The van der Waals surface area contributed by atoms with Gasteiger partial charge in [0.1, 0.15) is 5.82 Å². The predicted molar refractivity (Wildman–Crippen MR) is 106 cm³/mol. The maximum Gasteiger partial charge on any atom is 0.219 e. The van der Waals surface area contributed by atoms with Crippen molar-refractivity contribution in [2.24, 2.45) is 0 Å². The number of hydrogen-bond acceptors (Lipinski definition) is 2. The number of nitrogens with zero attached hydrogens (tertiary/aromatic N) is 3. The molecule has 0 bridgehead atoms. The Morgan fingerprint density at radius 2 is 1.81 bits per heavy atom. The molecule has 2 aromatic rings. The van der Waals surface area contributed by atoms with Gasteiger partial charge < -0.3 is 9.47 Å². The number of rotatable bonds is 2. The number of fused-ring (bicyclic) bond motifs is 1. The fourth-order valence-electron chi connectivity index (χ4n) is 4.98. The molecule has 1 amide bonds. The van der Waals surface area contributed by atoms with Gasteiger partial charge in [0, 0.05) is 50.2 Å². The van der Waals surface area contributed by atoms with E-state index in [0.717, 1.165) is 61.9 Å². The second-order valence-electron chi connectivity index (χ2n) is 8.23. The minimum atomic E-state index is -0.128. The minimum absolute atomic E-state index is 0.128. The van der Waals surface area contributed by atoms with Crippen LogP contribution in [-0.4, -0.2) is 52.5 Å². The van der Waals surface area contributed by atoms with Crippen LogP contribution in [0.1, 0.15) is 50.6 Å². The number of aromatic nitrogens is 1.